The molecule has 0 aromatic heterocycles. The molecule has 1 aromatic carbocycles. The van der Waals surface area contributed by atoms with Crippen molar-refractivity contribution in [2.75, 3.05) is 0 Å². The Balaban J connectivity index is 0.00000576. The van der Waals surface area contributed by atoms with E-state index >= 15 is 0 Å². The molecule has 0 amide bonds. The van der Waals surface area contributed by atoms with E-state index in [4.69, 9.17) is 21.0 Å². The minimum Gasteiger partial charge on any atom is -0.365 e. The first-order chi connectivity index (χ1) is 11.4. The Hall–Kier alpha value is -2.23. The molecule has 0 spiro atoms. The molecule has 7 heteroatoms. The predicted molar refractivity (Wildman–Crippen MR) is 82.7 cm³/mol. The maximum atomic E-state index is 12.8. The van der Waals surface area contributed by atoms with Gasteiger partial charge in [-0.05, 0) is 5.56 Å². The number of Topliss-reactive ketones (excluding diaryl/α,β-unsaturated/α-hetero) is 2. The second-order valence-electron chi connectivity index (χ2n) is 4.97. The maximum absolute atomic E-state index is 12.8. The van der Waals surface area contributed by atoms with Gasteiger partial charge in [0.2, 0.25) is 0 Å². The number of hydrogen-bond acceptors (Lipinski definition) is 6. The van der Waals surface area contributed by atoms with Gasteiger partial charge in [-0.25, -0.2) is 21.0 Å². The van der Waals surface area contributed by atoms with Gasteiger partial charge in [-0.3, -0.25) is 4.79 Å². The number of ketones is 2. The van der Waals surface area contributed by atoms with Crippen LogP contribution in [-0.2, 0) is 0 Å². The van der Waals surface area contributed by atoms with Crippen molar-refractivity contribution in [2.24, 2.45) is 5.92 Å². The number of carbonyl (C=O) groups is 2. The molecule has 0 fully saturated rings. The van der Waals surface area contributed by atoms with Crippen LogP contribution in [0.1, 0.15) is 34.6 Å². The Morgan fingerprint density at radius 2 is 1.44 bits per heavy atom. The van der Waals surface area contributed by atoms with Crippen molar-refractivity contribution in [3.8, 4) is 24.3 Å². The monoisotopic (exact) mass is 354 g/mol. The fourth-order valence-electron chi connectivity index (χ4n) is 1.97. The summed E-state index contributed by atoms with van der Waals surface area (Å²) in [6.07, 6.45) is 0. The van der Waals surface area contributed by atoms with Gasteiger partial charge in [0.15, 0.2) is 5.78 Å². The van der Waals surface area contributed by atoms with Crippen molar-refractivity contribution >= 4 is 11.6 Å². The average Bonchev–Trinajstić information content (AvgIpc) is 2.60. The van der Waals surface area contributed by atoms with Crippen molar-refractivity contribution in [1.29, 1.82) is 21.0 Å². The molecule has 116 valence electrons. The van der Waals surface area contributed by atoms with Gasteiger partial charge >= 0.3 is 51.4 Å². The predicted octanol–water partition coefficient (Wildman–Crippen LogP) is -0.323. The first-order valence-electron chi connectivity index (χ1n) is 6.82. The number of nitriles is 4. The summed E-state index contributed by atoms with van der Waals surface area (Å²) in [5.74, 6) is -2.21. The van der Waals surface area contributed by atoms with E-state index in [-0.39, 0.29) is 74.2 Å². The van der Waals surface area contributed by atoms with Crippen molar-refractivity contribution in [1.82, 2.24) is 0 Å². The van der Waals surface area contributed by atoms with Crippen LogP contribution in [0.25, 0.3) is 0 Å². The Labute approximate surface area is 188 Å². The van der Waals surface area contributed by atoms with Gasteiger partial charge < -0.3 is 4.79 Å². The number of nitrogens with zero attached hydrogens (tertiary/aromatic N) is 4. The third-order valence-corrected chi connectivity index (χ3v) is 3.14. The van der Waals surface area contributed by atoms with Crippen LogP contribution in [0, 0.1) is 57.2 Å². The van der Waals surface area contributed by atoms with Crippen LogP contribution in [0.15, 0.2) is 35.4 Å². The van der Waals surface area contributed by atoms with E-state index in [9.17, 15) is 9.59 Å². The third-order valence-electron chi connectivity index (χ3n) is 3.14. The SMILES string of the molecule is CC(C)C(=O)c1ccccc1C(=O)C(=C(C#N)C#N)[C-](C#N)C#N.[K+]. The van der Waals surface area contributed by atoms with Crippen molar-refractivity contribution in [3.05, 3.63) is 52.5 Å². The molecule has 0 saturated carbocycles. The summed E-state index contributed by atoms with van der Waals surface area (Å²) in [4.78, 5) is 25.1. The molecule has 1 aromatic rings. The van der Waals surface area contributed by atoms with Crippen LogP contribution in [-0.4, -0.2) is 11.6 Å². The summed E-state index contributed by atoms with van der Waals surface area (Å²) in [5, 5.41) is 36.1. The molecule has 0 atom stereocenters. The standard InChI is InChI=1S/C18H11N4O2.K/c1-11(2)17(23)14-5-3-4-6-15(14)18(24)16(12(7-19)8-20)13(9-21)10-22;/h3-6,11H,1-2H3;/q-1;+1. The summed E-state index contributed by atoms with van der Waals surface area (Å²) >= 11 is 0. The van der Waals surface area contributed by atoms with E-state index in [1.54, 1.807) is 19.9 Å². The first kappa shape index (κ1) is 22.8. The molecule has 0 aliphatic carbocycles. The van der Waals surface area contributed by atoms with Crippen LogP contribution >= 0.6 is 0 Å². The summed E-state index contributed by atoms with van der Waals surface area (Å²) in [6, 6.07) is 11.9. The molecule has 0 radical (unpaired) electrons. The Kier molecular flexibility index (Phi) is 9.65. The Bertz CT molecular complexity index is 859. The van der Waals surface area contributed by atoms with Crippen molar-refractivity contribution < 1.29 is 61.0 Å². The average molecular weight is 354 g/mol. The van der Waals surface area contributed by atoms with E-state index in [1.807, 2.05) is 0 Å². The molecule has 0 bridgehead atoms. The van der Waals surface area contributed by atoms with E-state index < -0.39 is 22.8 Å². The summed E-state index contributed by atoms with van der Waals surface area (Å²) < 4.78 is 0. The van der Waals surface area contributed by atoms with Crippen LogP contribution < -0.4 is 51.4 Å². The number of allylic oxidation sites excluding steroid dienone is 2. The zero-order chi connectivity index (χ0) is 18.3. The molecule has 0 N–H and O–H groups in total. The molecular weight excluding hydrogens is 343 g/mol. The van der Waals surface area contributed by atoms with Gasteiger partial charge in [-0.15, -0.1) is 0 Å². The number of hydrogen-bond donors (Lipinski definition) is 0. The van der Waals surface area contributed by atoms with Gasteiger partial charge in [0.1, 0.15) is 0 Å². The van der Waals surface area contributed by atoms with Crippen LogP contribution in [0.5, 0.6) is 0 Å². The minimum absolute atomic E-state index is 0. The molecule has 0 saturated heterocycles. The Morgan fingerprint density at radius 1 is 0.960 bits per heavy atom. The summed E-state index contributed by atoms with van der Waals surface area (Å²) in [6.45, 7) is 3.33. The number of rotatable bonds is 5. The van der Waals surface area contributed by atoms with Crippen molar-refractivity contribution in [2.45, 2.75) is 13.8 Å². The summed E-state index contributed by atoms with van der Waals surface area (Å²) in [5.41, 5.74) is -1.18. The summed E-state index contributed by atoms with van der Waals surface area (Å²) in [7, 11) is 0. The van der Waals surface area contributed by atoms with Crippen LogP contribution in [0.3, 0.4) is 0 Å². The van der Waals surface area contributed by atoms with Gasteiger partial charge in [0.05, 0.1) is 5.78 Å². The zero-order valence-corrected chi connectivity index (χ0v) is 17.1. The van der Waals surface area contributed by atoms with Gasteiger partial charge in [0.25, 0.3) is 0 Å². The quantitative estimate of drug-likeness (QED) is 0.234. The fraction of sp³-hybridized carbons (Fsp3) is 0.167. The van der Waals surface area contributed by atoms with E-state index in [1.165, 1.54) is 42.5 Å². The van der Waals surface area contributed by atoms with Gasteiger partial charge in [0, 0.05) is 47.2 Å². The topological polar surface area (TPSA) is 129 Å². The van der Waals surface area contributed by atoms with E-state index in [2.05, 4.69) is 0 Å². The van der Waals surface area contributed by atoms with Crippen LogP contribution in [0.4, 0.5) is 0 Å². The van der Waals surface area contributed by atoms with Crippen LogP contribution in [0.2, 0.25) is 0 Å². The Morgan fingerprint density at radius 3 is 1.84 bits per heavy atom. The molecule has 0 unspecified atom stereocenters. The fourth-order valence-corrected chi connectivity index (χ4v) is 1.97. The molecule has 0 aliphatic heterocycles. The van der Waals surface area contributed by atoms with Gasteiger partial charge in [-0.2, -0.15) is 0 Å². The molecular formula is C18H11KN4O2. The second-order valence-corrected chi connectivity index (χ2v) is 4.97. The maximum Gasteiger partial charge on any atom is 1.00 e. The second kappa shape index (κ2) is 10.6. The van der Waals surface area contributed by atoms with Crippen molar-refractivity contribution in [3.63, 3.8) is 0 Å². The first-order valence-corrected chi connectivity index (χ1v) is 6.82. The largest absolute Gasteiger partial charge is 1.00 e. The number of carbonyl (C=O) groups excluding carboxylic acids is 2. The number of benzene rings is 1. The van der Waals surface area contributed by atoms with E-state index in [0.717, 1.165) is 0 Å². The molecule has 1 rings (SSSR count). The third kappa shape index (κ3) is 5.12. The molecule has 25 heavy (non-hydrogen) atoms. The minimum atomic E-state index is -0.879. The van der Waals surface area contributed by atoms with E-state index in [0.29, 0.717) is 0 Å². The molecule has 0 aliphatic rings. The smallest absolute Gasteiger partial charge is 0.365 e. The zero-order valence-electron chi connectivity index (χ0n) is 14.0. The van der Waals surface area contributed by atoms with Gasteiger partial charge in [-0.1, -0.05) is 43.7 Å². The normalized spacial score (nSPS) is 8.60. The molecule has 0 heterocycles. The molecule has 6 nitrogen and oxygen atoms in total.